The van der Waals surface area contributed by atoms with Crippen LogP contribution in [0.3, 0.4) is 0 Å². The number of methoxy groups -OCH3 is 6. The smallest absolute Gasteiger partial charge is 0.265 e. The molecular weight excluding hydrogens is 564 g/mol. The largest absolute Gasteiger partial charge is 0.495 e. The standard InChI is InChI=1S/C27H31ClN2O9S/c1-34-21-11-8-18(28)13-20(21)30(40(32,33)19-9-12-22(35-2)24(14-19)37-4)16-25(31)29-15-17-7-10-23(36-3)27(39-6)26(17)38-5/h7-14H,15-16H2,1-6H3,(H,29,31). The first-order chi connectivity index (χ1) is 19.1. The maximum Gasteiger partial charge on any atom is 0.265 e. The van der Waals surface area contributed by atoms with Gasteiger partial charge in [-0.15, -0.1) is 0 Å². The molecule has 0 fully saturated rings. The number of hydrogen-bond acceptors (Lipinski definition) is 9. The number of sulfonamides is 1. The van der Waals surface area contributed by atoms with Gasteiger partial charge in [0, 0.05) is 23.2 Å². The molecular formula is C27H31ClN2O9S. The van der Waals surface area contributed by atoms with Crippen LogP contribution in [0, 0.1) is 0 Å². The summed E-state index contributed by atoms with van der Waals surface area (Å²) in [6, 6.07) is 12.0. The Labute approximate surface area is 238 Å². The summed E-state index contributed by atoms with van der Waals surface area (Å²) in [5.41, 5.74) is 0.659. The summed E-state index contributed by atoms with van der Waals surface area (Å²) in [5, 5.41) is 2.99. The zero-order chi connectivity index (χ0) is 29.4. The molecule has 40 heavy (non-hydrogen) atoms. The van der Waals surface area contributed by atoms with Gasteiger partial charge < -0.3 is 33.7 Å². The first-order valence-corrected chi connectivity index (χ1v) is 13.6. The molecule has 0 atom stereocenters. The maximum atomic E-state index is 13.9. The van der Waals surface area contributed by atoms with Gasteiger partial charge in [-0.25, -0.2) is 8.42 Å². The van der Waals surface area contributed by atoms with Gasteiger partial charge in [0.25, 0.3) is 10.0 Å². The molecule has 0 aliphatic heterocycles. The van der Waals surface area contributed by atoms with Gasteiger partial charge >= 0.3 is 0 Å². The highest BCUT2D eigenvalue weighted by Crippen LogP contribution is 2.40. The van der Waals surface area contributed by atoms with Crippen LogP contribution in [0.1, 0.15) is 5.56 Å². The molecule has 11 nitrogen and oxygen atoms in total. The van der Waals surface area contributed by atoms with Crippen molar-refractivity contribution in [3.05, 3.63) is 59.1 Å². The van der Waals surface area contributed by atoms with Crippen molar-refractivity contribution in [3.8, 4) is 34.5 Å². The van der Waals surface area contributed by atoms with E-state index >= 15 is 0 Å². The zero-order valence-electron chi connectivity index (χ0n) is 22.9. The summed E-state index contributed by atoms with van der Waals surface area (Å²) in [6.07, 6.45) is 0. The minimum Gasteiger partial charge on any atom is -0.495 e. The van der Waals surface area contributed by atoms with Gasteiger partial charge in [-0.05, 0) is 42.5 Å². The number of amides is 1. The molecule has 0 aliphatic carbocycles. The maximum absolute atomic E-state index is 13.9. The van der Waals surface area contributed by atoms with Crippen molar-refractivity contribution in [3.63, 3.8) is 0 Å². The summed E-state index contributed by atoms with van der Waals surface area (Å²) < 4.78 is 60.9. The molecule has 13 heteroatoms. The van der Waals surface area contributed by atoms with Gasteiger partial charge in [0.05, 0.1) is 53.2 Å². The second-order valence-electron chi connectivity index (χ2n) is 8.11. The molecule has 0 unspecified atom stereocenters. The Balaban J connectivity index is 2.00. The average Bonchev–Trinajstić information content (AvgIpc) is 2.97. The average molecular weight is 595 g/mol. The molecule has 0 radical (unpaired) electrons. The van der Waals surface area contributed by atoms with Gasteiger partial charge in [-0.1, -0.05) is 11.6 Å². The van der Waals surface area contributed by atoms with Crippen LogP contribution >= 0.6 is 11.6 Å². The van der Waals surface area contributed by atoms with Gasteiger partial charge in [0.1, 0.15) is 12.3 Å². The number of rotatable bonds is 13. The van der Waals surface area contributed by atoms with Gasteiger partial charge in [-0.3, -0.25) is 9.10 Å². The van der Waals surface area contributed by atoms with Crippen molar-refractivity contribution >= 4 is 33.2 Å². The van der Waals surface area contributed by atoms with Crippen molar-refractivity contribution in [1.82, 2.24) is 5.32 Å². The normalized spacial score (nSPS) is 10.9. The zero-order valence-corrected chi connectivity index (χ0v) is 24.5. The lowest BCUT2D eigenvalue weighted by atomic mass is 10.1. The molecule has 1 N–H and O–H groups in total. The molecule has 0 saturated carbocycles. The number of hydrogen-bond donors (Lipinski definition) is 1. The third-order valence-corrected chi connectivity index (χ3v) is 7.89. The predicted molar refractivity (Wildman–Crippen MR) is 150 cm³/mol. The summed E-state index contributed by atoms with van der Waals surface area (Å²) in [7, 11) is 4.31. The fourth-order valence-corrected chi connectivity index (χ4v) is 5.55. The summed E-state index contributed by atoms with van der Waals surface area (Å²) in [5.74, 6) is 1.31. The Morgan fingerprint density at radius 3 is 1.95 bits per heavy atom. The molecule has 0 heterocycles. The van der Waals surface area contributed by atoms with Crippen LogP contribution in [0.25, 0.3) is 0 Å². The molecule has 3 rings (SSSR count). The minimum absolute atomic E-state index is 0.0132. The molecule has 3 aromatic rings. The van der Waals surface area contributed by atoms with E-state index in [1.165, 1.54) is 73.0 Å². The quantitative estimate of drug-likeness (QED) is 0.314. The van der Waals surface area contributed by atoms with E-state index in [1.807, 2.05) is 0 Å². The van der Waals surface area contributed by atoms with Gasteiger partial charge in [0.15, 0.2) is 23.0 Å². The highest BCUT2D eigenvalue weighted by molar-refractivity contribution is 7.92. The lowest BCUT2D eigenvalue weighted by Gasteiger charge is -2.26. The highest BCUT2D eigenvalue weighted by Gasteiger charge is 2.31. The topological polar surface area (TPSA) is 122 Å². The number of benzene rings is 3. The third-order valence-electron chi connectivity index (χ3n) is 5.90. The Kier molecular flexibility index (Phi) is 10.2. The summed E-state index contributed by atoms with van der Waals surface area (Å²) in [4.78, 5) is 13.1. The van der Waals surface area contributed by atoms with E-state index in [4.69, 9.17) is 40.0 Å². The van der Waals surface area contributed by atoms with Crippen molar-refractivity contribution in [2.75, 3.05) is 53.5 Å². The molecule has 0 aliphatic rings. The molecule has 0 saturated heterocycles. The second kappa shape index (κ2) is 13.4. The second-order valence-corrected chi connectivity index (χ2v) is 10.4. The van der Waals surface area contributed by atoms with Crippen molar-refractivity contribution in [2.24, 2.45) is 0 Å². The summed E-state index contributed by atoms with van der Waals surface area (Å²) in [6.45, 7) is -0.581. The van der Waals surface area contributed by atoms with Crippen LogP contribution in [-0.2, 0) is 21.4 Å². The van der Waals surface area contributed by atoms with Crippen LogP contribution in [-0.4, -0.2) is 63.5 Å². The predicted octanol–water partition coefficient (Wildman–Crippen LogP) is 3.90. The summed E-state index contributed by atoms with van der Waals surface area (Å²) >= 11 is 6.22. The van der Waals surface area contributed by atoms with Crippen molar-refractivity contribution in [2.45, 2.75) is 11.4 Å². The molecule has 216 valence electrons. The van der Waals surface area contributed by atoms with Crippen molar-refractivity contribution < 1.29 is 41.6 Å². The first kappa shape index (κ1) is 30.5. The van der Waals surface area contributed by atoms with E-state index in [-0.39, 0.29) is 33.6 Å². The van der Waals surface area contributed by atoms with Crippen molar-refractivity contribution in [1.29, 1.82) is 0 Å². The van der Waals surface area contributed by atoms with E-state index in [2.05, 4.69) is 5.32 Å². The fourth-order valence-electron chi connectivity index (χ4n) is 3.94. The van der Waals surface area contributed by atoms with Crippen LogP contribution in [0.5, 0.6) is 34.5 Å². The number of anilines is 1. The Bertz CT molecular complexity index is 1460. The van der Waals surface area contributed by atoms with Crippen LogP contribution < -0.4 is 38.0 Å². The van der Waals surface area contributed by atoms with Crippen LogP contribution in [0.15, 0.2) is 53.4 Å². The lowest BCUT2D eigenvalue weighted by Crippen LogP contribution is -2.41. The SMILES string of the molecule is COc1ccc(S(=O)(=O)N(CC(=O)NCc2ccc(OC)c(OC)c2OC)c2cc(Cl)ccc2OC)cc1OC. The third kappa shape index (κ3) is 6.40. The van der Waals surface area contributed by atoms with Gasteiger partial charge in [-0.2, -0.15) is 0 Å². The highest BCUT2D eigenvalue weighted by atomic mass is 35.5. The van der Waals surface area contributed by atoms with E-state index in [9.17, 15) is 13.2 Å². The Morgan fingerprint density at radius 2 is 1.35 bits per heavy atom. The number of nitrogens with zero attached hydrogens (tertiary/aromatic N) is 1. The van der Waals surface area contributed by atoms with Crippen LogP contribution in [0.4, 0.5) is 5.69 Å². The molecule has 0 spiro atoms. The van der Waals surface area contributed by atoms with E-state index in [0.29, 0.717) is 28.6 Å². The minimum atomic E-state index is -4.33. The molecule has 1 amide bonds. The first-order valence-electron chi connectivity index (χ1n) is 11.8. The number of ether oxygens (including phenoxy) is 6. The Morgan fingerprint density at radius 1 is 0.750 bits per heavy atom. The number of nitrogens with one attached hydrogen (secondary N) is 1. The number of carbonyl (C=O) groups is 1. The van der Waals surface area contributed by atoms with E-state index in [1.54, 1.807) is 18.2 Å². The molecule has 0 bridgehead atoms. The van der Waals surface area contributed by atoms with E-state index < -0.39 is 22.5 Å². The van der Waals surface area contributed by atoms with Gasteiger partial charge in [0.2, 0.25) is 11.7 Å². The fraction of sp³-hybridized carbons (Fsp3) is 0.296. The van der Waals surface area contributed by atoms with Crippen LogP contribution in [0.2, 0.25) is 5.02 Å². The molecule has 3 aromatic carbocycles. The van der Waals surface area contributed by atoms with E-state index in [0.717, 1.165) is 4.31 Å². The molecule has 0 aromatic heterocycles. The number of carbonyl (C=O) groups excluding carboxylic acids is 1. The lowest BCUT2D eigenvalue weighted by molar-refractivity contribution is -0.119. The monoisotopic (exact) mass is 594 g/mol. The number of halogens is 1. The Hall–Kier alpha value is -4.03.